The summed E-state index contributed by atoms with van der Waals surface area (Å²) in [5, 5.41) is -0.201. The minimum Gasteiger partial charge on any atom is -0.399 e. The highest BCUT2D eigenvalue weighted by Gasteiger charge is 2.37. The van der Waals surface area contributed by atoms with Gasteiger partial charge < -0.3 is 5.73 Å². The zero-order valence-electron chi connectivity index (χ0n) is 10.6. The molecule has 0 amide bonds. The van der Waals surface area contributed by atoms with Gasteiger partial charge in [-0.15, -0.1) is 0 Å². The quantitative estimate of drug-likeness (QED) is 0.844. The van der Waals surface area contributed by atoms with Crippen LogP contribution in [0.5, 0.6) is 0 Å². The lowest BCUT2D eigenvalue weighted by Gasteiger charge is -2.23. The molecule has 0 aliphatic carbocycles. The van der Waals surface area contributed by atoms with Crippen molar-refractivity contribution in [3.05, 3.63) is 23.2 Å². The van der Waals surface area contributed by atoms with Crippen molar-refractivity contribution in [1.29, 1.82) is 0 Å². The van der Waals surface area contributed by atoms with Crippen LogP contribution in [0.3, 0.4) is 0 Å². The Morgan fingerprint density at radius 3 is 2.40 bits per heavy atom. The summed E-state index contributed by atoms with van der Waals surface area (Å²) in [5.41, 5.74) is 5.66. The van der Waals surface area contributed by atoms with Gasteiger partial charge in [-0.2, -0.15) is 17.5 Å². The molecule has 1 aromatic rings. The molecule has 0 bridgehead atoms. The predicted octanol–water partition coefficient (Wildman–Crippen LogP) is 2.89. The van der Waals surface area contributed by atoms with Crippen molar-refractivity contribution in [2.45, 2.75) is 24.4 Å². The van der Waals surface area contributed by atoms with E-state index in [1.807, 2.05) is 0 Å². The average Bonchev–Trinajstić information content (AvgIpc) is 2.26. The van der Waals surface area contributed by atoms with Crippen LogP contribution in [0.25, 0.3) is 0 Å². The third-order valence-electron chi connectivity index (χ3n) is 2.40. The van der Waals surface area contributed by atoms with Crippen LogP contribution in [0.1, 0.15) is 13.3 Å². The van der Waals surface area contributed by atoms with Gasteiger partial charge in [-0.25, -0.2) is 8.42 Å². The normalized spacial score (nSPS) is 12.9. The minimum absolute atomic E-state index is 0.201. The van der Waals surface area contributed by atoms with Crippen molar-refractivity contribution in [2.75, 3.05) is 18.8 Å². The molecule has 114 valence electrons. The summed E-state index contributed by atoms with van der Waals surface area (Å²) in [7, 11) is -4.32. The fourth-order valence-electron chi connectivity index (χ4n) is 1.60. The van der Waals surface area contributed by atoms with Crippen molar-refractivity contribution >= 4 is 27.3 Å². The predicted molar refractivity (Wildman–Crippen MR) is 71.0 cm³/mol. The fraction of sp³-hybridized carbons (Fsp3) is 0.455. The van der Waals surface area contributed by atoms with E-state index in [4.69, 9.17) is 17.3 Å². The molecule has 0 heterocycles. The molecule has 0 atom stereocenters. The third kappa shape index (κ3) is 4.26. The van der Waals surface area contributed by atoms with Crippen molar-refractivity contribution < 1.29 is 21.6 Å². The molecule has 0 saturated heterocycles. The Hall–Kier alpha value is -0.990. The van der Waals surface area contributed by atoms with Gasteiger partial charge in [0.25, 0.3) is 0 Å². The summed E-state index contributed by atoms with van der Waals surface area (Å²) < 4.78 is 62.3. The Morgan fingerprint density at radius 2 is 1.95 bits per heavy atom. The van der Waals surface area contributed by atoms with E-state index in [2.05, 4.69) is 0 Å². The molecule has 1 aromatic carbocycles. The van der Waals surface area contributed by atoms with Crippen molar-refractivity contribution in [3.63, 3.8) is 0 Å². The average molecular weight is 331 g/mol. The summed E-state index contributed by atoms with van der Waals surface area (Å²) in [6.45, 7) is -0.212. The van der Waals surface area contributed by atoms with Gasteiger partial charge in [0.1, 0.15) is 11.4 Å². The van der Waals surface area contributed by atoms with E-state index in [-0.39, 0.29) is 28.6 Å². The number of nitrogens with zero attached hydrogens (tertiary/aromatic N) is 1. The number of nitrogen functional groups attached to an aromatic ring is 1. The van der Waals surface area contributed by atoms with Crippen LogP contribution in [-0.4, -0.2) is 32.0 Å². The third-order valence-corrected chi connectivity index (χ3v) is 4.73. The zero-order valence-corrected chi connectivity index (χ0v) is 12.2. The molecule has 0 saturated carbocycles. The highest BCUT2D eigenvalue weighted by molar-refractivity contribution is 7.89. The Morgan fingerprint density at radius 1 is 1.35 bits per heavy atom. The van der Waals surface area contributed by atoms with E-state index in [1.54, 1.807) is 6.92 Å². The second-order valence-corrected chi connectivity index (χ2v) is 6.46. The van der Waals surface area contributed by atoms with Gasteiger partial charge in [0, 0.05) is 12.2 Å². The van der Waals surface area contributed by atoms with E-state index in [1.165, 1.54) is 12.1 Å². The standard InChI is InChI=1S/C11H14ClF3N2O2S/c1-2-5-17(7-11(13,14)15)20(18,19)10-4-3-8(16)6-9(10)12/h3-4,6H,2,5,7,16H2,1H3. The van der Waals surface area contributed by atoms with E-state index in [9.17, 15) is 21.6 Å². The number of rotatable bonds is 5. The molecule has 0 fully saturated rings. The van der Waals surface area contributed by atoms with Gasteiger partial charge >= 0.3 is 6.18 Å². The molecular weight excluding hydrogens is 317 g/mol. The van der Waals surface area contributed by atoms with Gasteiger partial charge in [-0.3, -0.25) is 0 Å². The van der Waals surface area contributed by atoms with Crippen LogP contribution in [0, 0.1) is 0 Å². The first-order valence-electron chi connectivity index (χ1n) is 5.70. The van der Waals surface area contributed by atoms with E-state index in [0.29, 0.717) is 4.31 Å². The lowest BCUT2D eigenvalue weighted by Crippen LogP contribution is -2.39. The lowest BCUT2D eigenvalue weighted by molar-refractivity contribution is -0.136. The Labute approximate surface area is 120 Å². The maximum atomic E-state index is 12.5. The topological polar surface area (TPSA) is 63.4 Å². The first kappa shape index (κ1) is 17.1. The number of anilines is 1. The molecule has 2 N–H and O–H groups in total. The summed E-state index contributed by atoms with van der Waals surface area (Å²) in [6, 6.07) is 3.56. The van der Waals surface area contributed by atoms with Crippen LogP contribution < -0.4 is 5.73 Å². The van der Waals surface area contributed by atoms with Crippen LogP contribution >= 0.6 is 11.6 Å². The Bertz CT molecular complexity index is 576. The van der Waals surface area contributed by atoms with Gasteiger partial charge in [-0.1, -0.05) is 18.5 Å². The van der Waals surface area contributed by atoms with Crippen LogP contribution in [0.15, 0.2) is 23.1 Å². The van der Waals surface area contributed by atoms with E-state index in [0.717, 1.165) is 6.07 Å². The molecule has 0 aliphatic rings. The zero-order chi connectivity index (χ0) is 15.6. The highest BCUT2D eigenvalue weighted by atomic mass is 35.5. The van der Waals surface area contributed by atoms with Gasteiger partial charge in [0.2, 0.25) is 10.0 Å². The molecule has 0 aromatic heterocycles. The van der Waals surface area contributed by atoms with E-state index < -0.39 is 22.7 Å². The molecule has 0 aliphatic heterocycles. The van der Waals surface area contributed by atoms with Crippen LogP contribution in [0.2, 0.25) is 5.02 Å². The number of benzene rings is 1. The monoisotopic (exact) mass is 330 g/mol. The van der Waals surface area contributed by atoms with Crippen LogP contribution in [0.4, 0.5) is 18.9 Å². The molecule has 0 radical (unpaired) electrons. The molecule has 1 rings (SSSR count). The first-order valence-corrected chi connectivity index (χ1v) is 7.51. The molecule has 4 nitrogen and oxygen atoms in total. The molecule has 0 spiro atoms. The highest BCUT2D eigenvalue weighted by Crippen LogP contribution is 2.28. The number of halogens is 4. The largest absolute Gasteiger partial charge is 0.402 e. The first-order chi connectivity index (χ1) is 9.08. The maximum absolute atomic E-state index is 12.5. The maximum Gasteiger partial charge on any atom is 0.402 e. The second-order valence-electron chi connectivity index (χ2n) is 4.14. The number of hydrogen-bond acceptors (Lipinski definition) is 3. The smallest absolute Gasteiger partial charge is 0.399 e. The SMILES string of the molecule is CCCN(CC(F)(F)F)S(=O)(=O)c1ccc(N)cc1Cl. The van der Waals surface area contributed by atoms with Gasteiger partial charge in [-0.05, 0) is 24.6 Å². The Kier molecular flexibility index (Phi) is 5.28. The number of alkyl halides is 3. The molecular formula is C11H14ClF3N2O2S. The summed E-state index contributed by atoms with van der Waals surface area (Å²) in [4.78, 5) is -0.383. The van der Waals surface area contributed by atoms with Crippen molar-refractivity contribution in [1.82, 2.24) is 4.31 Å². The number of sulfonamides is 1. The second kappa shape index (κ2) is 6.19. The summed E-state index contributed by atoms with van der Waals surface area (Å²) >= 11 is 5.76. The minimum atomic E-state index is -4.62. The fourth-order valence-corrected chi connectivity index (χ4v) is 3.64. The number of nitrogens with two attached hydrogens (primary N) is 1. The molecule has 20 heavy (non-hydrogen) atoms. The van der Waals surface area contributed by atoms with E-state index >= 15 is 0 Å². The van der Waals surface area contributed by atoms with Gasteiger partial charge in [0.15, 0.2) is 0 Å². The van der Waals surface area contributed by atoms with Crippen molar-refractivity contribution in [2.24, 2.45) is 0 Å². The summed E-state index contributed by atoms with van der Waals surface area (Å²) in [6.07, 6.45) is -4.37. The Balaban J connectivity index is 3.22. The lowest BCUT2D eigenvalue weighted by atomic mass is 10.3. The molecule has 0 unspecified atom stereocenters. The molecule has 9 heteroatoms. The van der Waals surface area contributed by atoms with Crippen molar-refractivity contribution in [3.8, 4) is 0 Å². The summed E-state index contributed by atoms with van der Waals surface area (Å²) in [5.74, 6) is 0. The number of hydrogen-bond donors (Lipinski definition) is 1. The van der Waals surface area contributed by atoms with Crippen LogP contribution in [-0.2, 0) is 10.0 Å². The van der Waals surface area contributed by atoms with Gasteiger partial charge in [0.05, 0.1) is 5.02 Å².